The molecule has 1 rings (SSSR count). The Morgan fingerprint density at radius 1 is 1.44 bits per heavy atom. The van der Waals surface area contributed by atoms with Gasteiger partial charge in [0.1, 0.15) is 6.04 Å². The number of carboxylic acid groups (broad SMARTS) is 1. The summed E-state index contributed by atoms with van der Waals surface area (Å²) in [5.41, 5.74) is 0. The van der Waals surface area contributed by atoms with Crippen LogP contribution in [0.4, 0.5) is 0 Å². The first-order valence-corrected chi connectivity index (χ1v) is 6.49. The van der Waals surface area contributed by atoms with Crippen molar-refractivity contribution < 1.29 is 14.7 Å². The average molecular weight is 270 g/mol. The summed E-state index contributed by atoms with van der Waals surface area (Å²) in [5, 5.41) is 10.8. The number of aliphatic carboxylic acids is 1. The molecule has 1 aromatic rings. The van der Waals surface area contributed by atoms with Crippen molar-refractivity contribution in [1.29, 1.82) is 0 Å². The third-order valence-electron chi connectivity index (χ3n) is 2.80. The van der Waals surface area contributed by atoms with Crippen LogP contribution >= 0.6 is 11.3 Å². The zero-order chi connectivity index (χ0) is 13.7. The summed E-state index contributed by atoms with van der Waals surface area (Å²) >= 11 is 1.60. The van der Waals surface area contributed by atoms with Gasteiger partial charge in [-0.25, -0.2) is 0 Å². The maximum absolute atomic E-state index is 11.9. The van der Waals surface area contributed by atoms with Crippen LogP contribution in [0.3, 0.4) is 0 Å². The lowest BCUT2D eigenvalue weighted by Gasteiger charge is -2.24. The van der Waals surface area contributed by atoms with Gasteiger partial charge in [-0.3, -0.25) is 14.5 Å². The van der Waals surface area contributed by atoms with Crippen molar-refractivity contribution in [2.24, 2.45) is 0 Å². The molecule has 0 spiro atoms. The van der Waals surface area contributed by atoms with E-state index in [0.717, 1.165) is 4.88 Å². The number of hydrogen-bond donors (Lipinski definition) is 1. The molecule has 0 saturated heterocycles. The van der Waals surface area contributed by atoms with Crippen LogP contribution in [0.1, 0.15) is 11.8 Å². The molecule has 1 heterocycles. The van der Waals surface area contributed by atoms with Gasteiger partial charge in [-0.15, -0.1) is 11.3 Å². The van der Waals surface area contributed by atoms with Gasteiger partial charge >= 0.3 is 5.97 Å². The minimum Gasteiger partial charge on any atom is -0.480 e. The summed E-state index contributed by atoms with van der Waals surface area (Å²) in [5.74, 6) is -1.01. The van der Waals surface area contributed by atoms with Crippen molar-refractivity contribution in [1.82, 2.24) is 9.80 Å². The van der Waals surface area contributed by atoms with Crippen LogP contribution in [0.25, 0.3) is 0 Å². The van der Waals surface area contributed by atoms with Gasteiger partial charge < -0.3 is 10.0 Å². The Hall–Kier alpha value is -1.40. The van der Waals surface area contributed by atoms with Crippen LogP contribution in [0.15, 0.2) is 17.5 Å². The van der Waals surface area contributed by atoms with Gasteiger partial charge in [-0.05, 0) is 25.4 Å². The summed E-state index contributed by atoms with van der Waals surface area (Å²) in [4.78, 5) is 26.9. The summed E-state index contributed by atoms with van der Waals surface area (Å²) < 4.78 is 0. The molecule has 0 aliphatic carbocycles. The SMILES string of the molecule is CC(C(=O)O)N(C)CC(=O)N(C)Cc1cccs1. The first-order valence-electron chi connectivity index (χ1n) is 5.61. The highest BCUT2D eigenvalue weighted by Gasteiger charge is 2.20. The van der Waals surface area contributed by atoms with Crippen LogP contribution in [-0.4, -0.2) is 53.5 Å². The van der Waals surface area contributed by atoms with Crippen molar-refractivity contribution in [3.63, 3.8) is 0 Å². The highest BCUT2D eigenvalue weighted by molar-refractivity contribution is 7.09. The lowest BCUT2D eigenvalue weighted by Crippen LogP contribution is -2.43. The van der Waals surface area contributed by atoms with E-state index in [2.05, 4.69) is 0 Å². The molecule has 0 saturated carbocycles. The van der Waals surface area contributed by atoms with E-state index in [1.165, 1.54) is 4.90 Å². The number of rotatable bonds is 6. The second kappa shape index (κ2) is 6.51. The van der Waals surface area contributed by atoms with Crippen molar-refractivity contribution in [3.8, 4) is 0 Å². The molecule has 1 atom stereocenters. The average Bonchev–Trinajstić information content (AvgIpc) is 2.80. The van der Waals surface area contributed by atoms with Crippen molar-refractivity contribution in [2.75, 3.05) is 20.6 Å². The van der Waals surface area contributed by atoms with Crippen LogP contribution in [0, 0.1) is 0 Å². The first-order chi connectivity index (χ1) is 8.41. The molecule has 1 aromatic heterocycles. The molecular formula is C12H18N2O3S. The maximum atomic E-state index is 11.9. The van der Waals surface area contributed by atoms with Gasteiger partial charge in [0, 0.05) is 11.9 Å². The van der Waals surface area contributed by atoms with Gasteiger partial charge in [-0.1, -0.05) is 6.07 Å². The normalized spacial score (nSPS) is 12.4. The third-order valence-corrected chi connectivity index (χ3v) is 3.66. The zero-order valence-electron chi connectivity index (χ0n) is 10.8. The highest BCUT2D eigenvalue weighted by atomic mass is 32.1. The predicted octanol–water partition coefficient (Wildman–Crippen LogP) is 1.11. The monoisotopic (exact) mass is 270 g/mol. The first kappa shape index (κ1) is 14.7. The lowest BCUT2D eigenvalue weighted by atomic mass is 10.3. The zero-order valence-corrected chi connectivity index (χ0v) is 11.6. The van der Waals surface area contributed by atoms with E-state index in [1.54, 1.807) is 37.3 Å². The Balaban J connectivity index is 2.47. The topological polar surface area (TPSA) is 60.9 Å². The Kier molecular flexibility index (Phi) is 5.30. The van der Waals surface area contributed by atoms with Crippen molar-refractivity contribution >= 4 is 23.2 Å². The standard InChI is InChI=1S/C12H18N2O3S/c1-9(12(16)17)13(2)8-11(15)14(3)7-10-5-4-6-18-10/h4-6,9H,7-8H2,1-3H3,(H,16,17). The Morgan fingerprint density at radius 2 is 2.11 bits per heavy atom. The molecular weight excluding hydrogens is 252 g/mol. The van der Waals surface area contributed by atoms with E-state index < -0.39 is 12.0 Å². The molecule has 0 fully saturated rings. The number of likely N-dealkylation sites (N-methyl/N-ethyl adjacent to an activating group) is 2. The molecule has 18 heavy (non-hydrogen) atoms. The van der Waals surface area contributed by atoms with E-state index in [1.807, 2.05) is 17.5 Å². The smallest absolute Gasteiger partial charge is 0.320 e. The summed E-state index contributed by atoms with van der Waals surface area (Å²) in [6, 6.07) is 3.25. The third kappa shape index (κ3) is 4.12. The van der Waals surface area contributed by atoms with Crippen LogP contribution < -0.4 is 0 Å². The molecule has 0 radical (unpaired) electrons. The van der Waals surface area contributed by atoms with Crippen LogP contribution in [0.2, 0.25) is 0 Å². The second-order valence-electron chi connectivity index (χ2n) is 4.26. The number of hydrogen-bond acceptors (Lipinski definition) is 4. The number of carbonyl (C=O) groups excluding carboxylic acids is 1. The molecule has 0 aliphatic rings. The van der Waals surface area contributed by atoms with Crippen LogP contribution in [-0.2, 0) is 16.1 Å². The molecule has 6 heteroatoms. The van der Waals surface area contributed by atoms with Gasteiger partial charge in [0.05, 0.1) is 13.1 Å². The Morgan fingerprint density at radius 3 is 2.61 bits per heavy atom. The van der Waals surface area contributed by atoms with Gasteiger partial charge in [0.2, 0.25) is 5.91 Å². The number of carboxylic acids is 1. The number of amides is 1. The lowest BCUT2D eigenvalue weighted by molar-refractivity contribution is -0.143. The largest absolute Gasteiger partial charge is 0.480 e. The minimum atomic E-state index is -0.925. The van der Waals surface area contributed by atoms with E-state index >= 15 is 0 Å². The van der Waals surface area contributed by atoms with Crippen molar-refractivity contribution in [2.45, 2.75) is 19.5 Å². The molecule has 5 nitrogen and oxygen atoms in total. The maximum Gasteiger partial charge on any atom is 0.320 e. The van der Waals surface area contributed by atoms with E-state index in [9.17, 15) is 9.59 Å². The van der Waals surface area contributed by atoms with Crippen LogP contribution in [0.5, 0.6) is 0 Å². The molecule has 100 valence electrons. The summed E-state index contributed by atoms with van der Waals surface area (Å²) in [6.07, 6.45) is 0. The molecule has 1 N–H and O–H groups in total. The quantitative estimate of drug-likeness (QED) is 0.841. The second-order valence-corrected chi connectivity index (χ2v) is 5.29. The number of carbonyl (C=O) groups is 2. The van der Waals surface area contributed by atoms with E-state index in [0.29, 0.717) is 6.54 Å². The van der Waals surface area contributed by atoms with Gasteiger partial charge in [0.15, 0.2) is 0 Å². The van der Waals surface area contributed by atoms with E-state index in [-0.39, 0.29) is 12.5 Å². The fourth-order valence-corrected chi connectivity index (χ4v) is 2.14. The fourth-order valence-electron chi connectivity index (χ4n) is 1.38. The Bertz CT molecular complexity index is 405. The molecule has 1 amide bonds. The van der Waals surface area contributed by atoms with E-state index in [4.69, 9.17) is 5.11 Å². The fraction of sp³-hybridized carbons (Fsp3) is 0.500. The highest BCUT2D eigenvalue weighted by Crippen LogP contribution is 2.11. The van der Waals surface area contributed by atoms with Crippen molar-refractivity contribution in [3.05, 3.63) is 22.4 Å². The predicted molar refractivity (Wildman–Crippen MR) is 70.5 cm³/mol. The molecule has 0 aromatic carbocycles. The number of thiophene rings is 1. The molecule has 0 aliphatic heterocycles. The molecule has 1 unspecified atom stereocenters. The van der Waals surface area contributed by atoms with Gasteiger partial charge in [0.25, 0.3) is 0 Å². The molecule has 0 bridgehead atoms. The summed E-state index contributed by atoms with van der Waals surface area (Å²) in [7, 11) is 3.36. The minimum absolute atomic E-state index is 0.0843. The number of nitrogens with zero attached hydrogens (tertiary/aromatic N) is 2. The summed E-state index contributed by atoms with van der Waals surface area (Å²) in [6.45, 7) is 2.23. The van der Waals surface area contributed by atoms with Gasteiger partial charge in [-0.2, -0.15) is 0 Å². The Labute approximate surface area is 111 Å².